The van der Waals surface area contributed by atoms with Crippen molar-refractivity contribution in [3.05, 3.63) is 58.7 Å². The zero-order valence-corrected chi connectivity index (χ0v) is 20.4. The van der Waals surface area contributed by atoms with E-state index in [1.54, 1.807) is 14.2 Å². The van der Waals surface area contributed by atoms with Crippen LogP contribution in [0.5, 0.6) is 11.5 Å². The molecule has 0 aromatic heterocycles. The first kappa shape index (κ1) is 25.2. The molecule has 0 atom stereocenters. The van der Waals surface area contributed by atoms with Crippen LogP contribution in [-0.2, 0) is 20.3 Å². The van der Waals surface area contributed by atoms with Gasteiger partial charge in [0, 0.05) is 37.8 Å². The van der Waals surface area contributed by atoms with Crippen molar-refractivity contribution in [3.63, 3.8) is 0 Å². The molecule has 0 saturated carbocycles. The van der Waals surface area contributed by atoms with Gasteiger partial charge in [-0.1, -0.05) is 65.8 Å². The Kier molecular flexibility index (Phi) is 8.52. The summed E-state index contributed by atoms with van der Waals surface area (Å²) in [5, 5.41) is 0. The molecule has 2 N–H and O–H groups in total. The van der Waals surface area contributed by atoms with Gasteiger partial charge in [-0.25, -0.2) is 0 Å². The van der Waals surface area contributed by atoms with E-state index in [9.17, 15) is 0 Å². The van der Waals surface area contributed by atoms with Crippen molar-refractivity contribution in [2.45, 2.75) is 58.3 Å². The van der Waals surface area contributed by atoms with E-state index in [0.29, 0.717) is 6.54 Å². The summed E-state index contributed by atoms with van der Waals surface area (Å²) in [5.41, 5.74) is 10.9. The third-order valence-electron chi connectivity index (χ3n) is 5.40. The van der Waals surface area contributed by atoms with Gasteiger partial charge in [0.05, 0.1) is 0 Å². The number of ether oxygens (including phenoxy) is 4. The average molecular weight is 430 g/mol. The van der Waals surface area contributed by atoms with Gasteiger partial charge in [0.15, 0.2) is 13.6 Å². The summed E-state index contributed by atoms with van der Waals surface area (Å²) in [6.45, 7) is 14.0. The molecule has 2 rings (SSSR count). The minimum absolute atomic E-state index is 0.00365. The predicted molar refractivity (Wildman–Crippen MR) is 126 cm³/mol. The lowest BCUT2D eigenvalue weighted by molar-refractivity contribution is 0.0493. The third-order valence-corrected chi connectivity index (χ3v) is 5.40. The van der Waals surface area contributed by atoms with Crippen LogP contribution in [0.2, 0.25) is 0 Å². The molecule has 5 nitrogen and oxygen atoms in total. The molecule has 0 spiro atoms. The van der Waals surface area contributed by atoms with E-state index < -0.39 is 0 Å². The van der Waals surface area contributed by atoms with Gasteiger partial charge in [-0.2, -0.15) is 0 Å². The van der Waals surface area contributed by atoms with Crippen LogP contribution < -0.4 is 15.2 Å². The largest absolute Gasteiger partial charge is 0.467 e. The lowest BCUT2D eigenvalue weighted by Gasteiger charge is -2.27. The molecule has 2 aromatic rings. The number of benzene rings is 2. The molecule has 0 fully saturated rings. The van der Waals surface area contributed by atoms with Crippen LogP contribution in [0.15, 0.2) is 36.4 Å². The Morgan fingerprint density at radius 1 is 0.710 bits per heavy atom. The normalized spacial score (nSPS) is 12.3. The first-order chi connectivity index (χ1) is 14.5. The van der Waals surface area contributed by atoms with Gasteiger partial charge < -0.3 is 24.7 Å². The van der Waals surface area contributed by atoms with Gasteiger partial charge in [0.2, 0.25) is 0 Å². The lowest BCUT2D eigenvalue weighted by atomic mass is 9.80. The molecule has 0 radical (unpaired) electrons. The maximum absolute atomic E-state index is 6.38. The Morgan fingerprint density at radius 3 is 1.39 bits per heavy atom. The van der Waals surface area contributed by atoms with Gasteiger partial charge in [-0.15, -0.1) is 0 Å². The molecule has 0 heterocycles. The van der Waals surface area contributed by atoms with Gasteiger partial charge in [-0.05, 0) is 34.1 Å². The Balaban J connectivity index is 2.69. The van der Waals surface area contributed by atoms with E-state index in [2.05, 4.69) is 65.8 Å². The van der Waals surface area contributed by atoms with Gasteiger partial charge in [-0.3, -0.25) is 0 Å². The van der Waals surface area contributed by atoms with Crippen LogP contribution >= 0.6 is 0 Å². The Hall–Kier alpha value is -2.08. The summed E-state index contributed by atoms with van der Waals surface area (Å²) >= 11 is 0. The van der Waals surface area contributed by atoms with Gasteiger partial charge >= 0.3 is 0 Å². The van der Waals surface area contributed by atoms with E-state index in [-0.39, 0.29) is 30.3 Å². The van der Waals surface area contributed by atoms with E-state index in [0.717, 1.165) is 22.6 Å². The van der Waals surface area contributed by atoms with Gasteiger partial charge in [0.1, 0.15) is 11.5 Å². The second-order valence-corrected chi connectivity index (χ2v) is 9.90. The SMILES string of the molecule is COCOc1ccc(C(C)(C)C)cc1C(CN)c1cc(C(C)(C)C)ccc1OCOC. The van der Waals surface area contributed by atoms with E-state index in [1.165, 1.54) is 11.1 Å². The number of rotatable bonds is 9. The second-order valence-electron chi connectivity index (χ2n) is 9.90. The molecule has 5 heteroatoms. The molecule has 0 amide bonds. The first-order valence-electron chi connectivity index (χ1n) is 10.7. The topological polar surface area (TPSA) is 62.9 Å². The second kappa shape index (κ2) is 10.5. The summed E-state index contributed by atoms with van der Waals surface area (Å²) in [6.07, 6.45) is 0. The zero-order valence-electron chi connectivity index (χ0n) is 20.4. The van der Waals surface area contributed by atoms with Crippen molar-refractivity contribution >= 4 is 0 Å². The van der Waals surface area contributed by atoms with Crippen molar-refractivity contribution in [2.24, 2.45) is 5.73 Å². The summed E-state index contributed by atoms with van der Waals surface area (Å²) in [5.74, 6) is 1.43. The molecule has 0 unspecified atom stereocenters. The maximum atomic E-state index is 6.38. The van der Waals surface area contributed by atoms with Crippen molar-refractivity contribution in [3.8, 4) is 11.5 Å². The highest BCUT2D eigenvalue weighted by atomic mass is 16.7. The van der Waals surface area contributed by atoms with E-state index in [1.807, 2.05) is 12.1 Å². The number of hydrogen-bond acceptors (Lipinski definition) is 5. The Bertz CT molecular complexity index is 780. The predicted octanol–water partition coefficient (Wildman–Crippen LogP) is 5.34. The van der Waals surface area contributed by atoms with Crippen molar-refractivity contribution in [1.82, 2.24) is 0 Å². The molecule has 0 aliphatic heterocycles. The molecule has 0 bridgehead atoms. The third kappa shape index (κ3) is 6.45. The van der Waals surface area contributed by atoms with E-state index >= 15 is 0 Å². The summed E-state index contributed by atoms with van der Waals surface area (Å²) in [4.78, 5) is 0. The lowest BCUT2D eigenvalue weighted by Crippen LogP contribution is -2.20. The highest BCUT2D eigenvalue weighted by molar-refractivity contribution is 5.51. The summed E-state index contributed by atoms with van der Waals surface area (Å²) in [6, 6.07) is 12.6. The summed E-state index contributed by atoms with van der Waals surface area (Å²) in [7, 11) is 3.24. The van der Waals surface area contributed by atoms with Crippen LogP contribution in [-0.4, -0.2) is 34.4 Å². The first-order valence-corrected chi connectivity index (χ1v) is 10.7. The highest BCUT2D eigenvalue weighted by Crippen LogP contribution is 2.40. The fourth-order valence-corrected chi connectivity index (χ4v) is 3.50. The van der Waals surface area contributed by atoms with Crippen LogP contribution in [0.4, 0.5) is 0 Å². The molecule has 0 aliphatic carbocycles. The number of nitrogens with two attached hydrogens (primary N) is 1. The molecule has 172 valence electrons. The molecule has 31 heavy (non-hydrogen) atoms. The van der Waals surface area contributed by atoms with Crippen LogP contribution in [0.3, 0.4) is 0 Å². The van der Waals surface area contributed by atoms with Crippen molar-refractivity contribution in [2.75, 3.05) is 34.4 Å². The van der Waals surface area contributed by atoms with Crippen molar-refractivity contribution in [1.29, 1.82) is 0 Å². The molecule has 2 aromatic carbocycles. The minimum atomic E-state index is -0.108. The fourth-order valence-electron chi connectivity index (χ4n) is 3.50. The van der Waals surface area contributed by atoms with Crippen LogP contribution in [0, 0.1) is 0 Å². The fraction of sp³-hybridized carbons (Fsp3) is 0.538. The highest BCUT2D eigenvalue weighted by Gasteiger charge is 2.26. The molecular weight excluding hydrogens is 390 g/mol. The zero-order chi connectivity index (χ0) is 23.2. The average Bonchev–Trinajstić information content (AvgIpc) is 2.70. The molecular formula is C26H39NO4. The monoisotopic (exact) mass is 429 g/mol. The summed E-state index contributed by atoms with van der Waals surface area (Å²) < 4.78 is 22.2. The molecule has 0 saturated heterocycles. The quantitative estimate of drug-likeness (QED) is 0.545. The Morgan fingerprint density at radius 2 is 1.10 bits per heavy atom. The standard InChI is InChI=1S/C26H39NO4/c1-25(2,3)18-9-11-23(30-16-28-7)20(13-18)22(15-27)21-14-19(26(4,5)6)10-12-24(21)31-17-29-8/h9-14,22H,15-17,27H2,1-8H3. The van der Waals surface area contributed by atoms with Gasteiger partial charge in [0.25, 0.3) is 0 Å². The van der Waals surface area contributed by atoms with Crippen LogP contribution in [0.25, 0.3) is 0 Å². The number of hydrogen-bond donors (Lipinski definition) is 1. The minimum Gasteiger partial charge on any atom is -0.467 e. The smallest absolute Gasteiger partial charge is 0.188 e. The van der Waals surface area contributed by atoms with Crippen molar-refractivity contribution < 1.29 is 18.9 Å². The van der Waals surface area contributed by atoms with Crippen LogP contribution in [0.1, 0.15) is 69.7 Å². The Labute approximate surface area is 187 Å². The maximum Gasteiger partial charge on any atom is 0.188 e. The number of methoxy groups -OCH3 is 2. The molecule has 0 aliphatic rings. The van der Waals surface area contributed by atoms with E-state index in [4.69, 9.17) is 24.7 Å².